The Morgan fingerprint density at radius 2 is 2.04 bits per heavy atom. The smallest absolute Gasteiger partial charge is 0.423 e. The molecule has 0 atom stereocenters. The van der Waals surface area contributed by atoms with Crippen LogP contribution in [0.1, 0.15) is 0 Å². The van der Waals surface area contributed by atoms with Crippen LogP contribution in [0.2, 0.25) is 5.02 Å². The summed E-state index contributed by atoms with van der Waals surface area (Å²) in [5, 5.41) is 11.4. The lowest BCUT2D eigenvalue weighted by molar-refractivity contribution is -0.390. The fraction of sp³-hybridized carbons (Fsp3) is 0.143. The number of halogens is 1. The highest BCUT2D eigenvalue weighted by molar-refractivity contribution is 6.32. The molecule has 0 unspecified atom stereocenters. The van der Waals surface area contributed by atoms with Crippen molar-refractivity contribution in [1.29, 1.82) is 0 Å². The Bertz CT molecular complexity index is 934. The van der Waals surface area contributed by atoms with E-state index < -0.39 is 10.6 Å². The van der Waals surface area contributed by atoms with E-state index in [4.69, 9.17) is 16.3 Å². The van der Waals surface area contributed by atoms with Crippen LogP contribution in [0.25, 0.3) is 5.65 Å². The maximum Gasteiger partial charge on any atom is 0.423 e. The molecule has 23 heavy (non-hydrogen) atoms. The summed E-state index contributed by atoms with van der Waals surface area (Å²) in [5.41, 5.74) is -0.320. The number of aromatic nitrogens is 3. The van der Waals surface area contributed by atoms with Gasteiger partial charge in [0.05, 0.1) is 11.6 Å². The maximum atomic E-state index is 12.3. The SMILES string of the molecule is O=c1n(CCOc2ccccc2Cl)cnc2ccc([N+](=O)[O-])n12. The lowest BCUT2D eigenvalue weighted by Gasteiger charge is -2.08. The van der Waals surface area contributed by atoms with E-state index >= 15 is 0 Å². The van der Waals surface area contributed by atoms with Crippen molar-refractivity contribution >= 4 is 23.1 Å². The van der Waals surface area contributed by atoms with Crippen molar-refractivity contribution in [2.75, 3.05) is 6.61 Å². The van der Waals surface area contributed by atoms with E-state index in [1.165, 1.54) is 23.0 Å². The van der Waals surface area contributed by atoms with Gasteiger partial charge in [0.15, 0.2) is 0 Å². The molecule has 118 valence electrons. The van der Waals surface area contributed by atoms with Crippen molar-refractivity contribution < 1.29 is 9.66 Å². The van der Waals surface area contributed by atoms with Crippen LogP contribution in [0, 0.1) is 10.1 Å². The second-order valence-electron chi connectivity index (χ2n) is 4.64. The quantitative estimate of drug-likeness (QED) is 0.526. The molecule has 0 bridgehead atoms. The summed E-state index contributed by atoms with van der Waals surface area (Å²) in [6.45, 7) is 0.355. The van der Waals surface area contributed by atoms with Gasteiger partial charge in [0.1, 0.15) is 18.7 Å². The molecule has 9 heteroatoms. The second kappa shape index (κ2) is 6.09. The van der Waals surface area contributed by atoms with E-state index in [9.17, 15) is 14.9 Å². The average Bonchev–Trinajstić information content (AvgIpc) is 2.96. The number of nitro groups is 1. The van der Waals surface area contributed by atoms with Crippen LogP contribution in [0.4, 0.5) is 5.82 Å². The monoisotopic (exact) mass is 334 g/mol. The van der Waals surface area contributed by atoms with E-state index in [-0.39, 0.29) is 24.6 Å². The standard InChI is InChI=1S/C14H11ClN4O4/c15-10-3-1-2-4-11(10)23-8-7-17-9-16-12-5-6-13(19(21)22)18(12)14(17)20/h1-6,9H,7-8H2. The number of benzene rings is 1. The summed E-state index contributed by atoms with van der Waals surface area (Å²) in [4.78, 5) is 26.7. The van der Waals surface area contributed by atoms with E-state index in [1.807, 2.05) is 0 Å². The molecule has 8 nitrogen and oxygen atoms in total. The molecule has 0 aliphatic heterocycles. The maximum absolute atomic E-state index is 12.3. The Morgan fingerprint density at radius 3 is 2.78 bits per heavy atom. The van der Waals surface area contributed by atoms with Gasteiger partial charge in [-0.3, -0.25) is 4.57 Å². The number of hydrogen-bond acceptors (Lipinski definition) is 5. The van der Waals surface area contributed by atoms with Crippen molar-refractivity contribution in [2.45, 2.75) is 6.54 Å². The molecule has 2 heterocycles. The summed E-state index contributed by atoms with van der Waals surface area (Å²) < 4.78 is 7.71. The van der Waals surface area contributed by atoms with E-state index in [2.05, 4.69) is 4.98 Å². The molecule has 0 aliphatic carbocycles. The van der Waals surface area contributed by atoms with Gasteiger partial charge in [-0.2, -0.15) is 4.98 Å². The van der Waals surface area contributed by atoms with Crippen LogP contribution >= 0.6 is 11.6 Å². The minimum Gasteiger partial charge on any atom is -0.490 e. The van der Waals surface area contributed by atoms with Gasteiger partial charge in [-0.1, -0.05) is 23.7 Å². The first-order valence-electron chi connectivity index (χ1n) is 6.66. The summed E-state index contributed by atoms with van der Waals surface area (Å²) in [6.07, 6.45) is 1.33. The highest BCUT2D eigenvalue weighted by Crippen LogP contribution is 2.22. The molecule has 0 saturated heterocycles. The lowest BCUT2D eigenvalue weighted by Crippen LogP contribution is -2.29. The van der Waals surface area contributed by atoms with Gasteiger partial charge >= 0.3 is 11.5 Å². The zero-order valence-corrected chi connectivity index (χ0v) is 12.5. The molecule has 0 aliphatic rings. The summed E-state index contributed by atoms with van der Waals surface area (Å²) in [6, 6.07) is 9.63. The predicted octanol–water partition coefficient (Wildman–Crippen LogP) is 2.14. The Morgan fingerprint density at radius 1 is 1.26 bits per heavy atom. The molecule has 0 spiro atoms. The van der Waals surface area contributed by atoms with Gasteiger partial charge in [0, 0.05) is 12.1 Å². The van der Waals surface area contributed by atoms with Gasteiger partial charge in [-0.25, -0.2) is 4.79 Å². The number of fused-ring (bicyclic) bond motifs is 1. The third kappa shape index (κ3) is 2.88. The number of rotatable bonds is 5. The Kier molecular flexibility index (Phi) is 3.98. The van der Waals surface area contributed by atoms with Crippen LogP contribution in [0.3, 0.4) is 0 Å². The lowest BCUT2D eigenvalue weighted by atomic mass is 10.3. The Hall–Kier alpha value is -2.87. The second-order valence-corrected chi connectivity index (χ2v) is 5.05. The van der Waals surface area contributed by atoms with Gasteiger partial charge < -0.3 is 14.9 Å². The molecular formula is C14H11ClN4O4. The highest BCUT2D eigenvalue weighted by Gasteiger charge is 2.18. The minimum absolute atomic E-state index is 0.173. The Labute approximate surface area is 134 Å². The number of hydrogen-bond donors (Lipinski definition) is 0. The first-order chi connectivity index (χ1) is 11.1. The normalized spacial score (nSPS) is 10.8. The zero-order chi connectivity index (χ0) is 16.4. The predicted molar refractivity (Wildman–Crippen MR) is 83.1 cm³/mol. The van der Waals surface area contributed by atoms with Gasteiger partial charge in [-0.15, -0.1) is 4.40 Å². The van der Waals surface area contributed by atoms with Gasteiger partial charge in [-0.05, 0) is 17.1 Å². The molecule has 3 rings (SSSR count). The van der Waals surface area contributed by atoms with Crippen LogP contribution in [-0.4, -0.2) is 25.5 Å². The molecule has 0 radical (unpaired) electrons. The van der Waals surface area contributed by atoms with Crippen LogP contribution in [0.15, 0.2) is 47.5 Å². The summed E-state index contributed by atoms with van der Waals surface area (Å²) >= 11 is 5.97. The zero-order valence-electron chi connectivity index (χ0n) is 11.8. The molecule has 0 saturated carbocycles. The first-order valence-corrected chi connectivity index (χ1v) is 7.04. The van der Waals surface area contributed by atoms with Crippen molar-refractivity contribution in [3.05, 3.63) is 68.3 Å². The molecule has 1 aromatic carbocycles. The largest absolute Gasteiger partial charge is 0.490 e. The molecule has 0 fully saturated rings. The van der Waals surface area contributed by atoms with E-state index in [1.54, 1.807) is 24.3 Å². The van der Waals surface area contributed by atoms with E-state index in [0.717, 1.165) is 4.40 Å². The molecule has 2 aromatic heterocycles. The topological polar surface area (TPSA) is 91.7 Å². The molecule has 0 N–H and O–H groups in total. The van der Waals surface area contributed by atoms with Crippen molar-refractivity contribution in [3.8, 4) is 5.75 Å². The molecule has 0 amide bonds. The summed E-state index contributed by atoms with van der Waals surface area (Å²) in [5.74, 6) is 0.182. The average molecular weight is 335 g/mol. The number of nitrogens with zero attached hydrogens (tertiary/aromatic N) is 4. The van der Waals surface area contributed by atoms with Gasteiger partial charge in [0.25, 0.3) is 0 Å². The van der Waals surface area contributed by atoms with Crippen molar-refractivity contribution in [3.63, 3.8) is 0 Å². The van der Waals surface area contributed by atoms with Gasteiger partial charge in [0.2, 0.25) is 5.65 Å². The van der Waals surface area contributed by atoms with Crippen molar-refractivity contribution in [1.82, 2.24) is 14.0 Å². The third-order valence-corrected chi connectivity index (χ3v) is 3.53. The van der Waals surface area contributed by atoms with Crippen LogP contribution in [-0.2, 0) is 6.54 Å². The fourth-order valence-corrected chi connectivity index (χ4v) is 2.32. The Balaban J connectivity index is 1.82. The fourth-order valence-electron chi connectivity index (χ4n) is 2.13. The minimum atomic E-state index is -0.624. The summed E-state index contributed by atoms with van der Waals surface area (Å²) in [7, 11) is 0. The number of ether oxygens (including phenoxy) is 1. The molecule has 3 aromatic rings. The van der Waals surface area contributed by atoms with Crippen LogP contribution in [0.5, 0.6) is 5.75 Å². The number of para-hydroxylation sites is 1. The third-order valence-electron chi connectivity index (χ3n) is 3.22. The van der Waals surface area contributed by atoms with E-state index in [0.29, 0.717) is 10.8 Å². The van der Waals surface area contributed by atoms with Crippen molar-refractivity contribution in [2.24, 2.45) is 0 Å². The molecular weight excluding hydrogens is 324 g/mol. The highest BCUT2D eigenvalue weighted by atomic mass is 35.5. The first kappa shape index (κ1) is 15.0. The van der Waals surface area contributed by atoms with Crippen LogP contribution < -0.4 is 10.4 Å².